The molecule has 0 atom stereocenters. The molecule has 0 bridgehead atoms. The van der Waals surface area contributed by atoms with Gasteiger partial charge in [0.1, 0.15) is 11.5 Å². The van der Waals surface area contributed by atoms with Crippen molar-refractivity contribution in [2.75, 3.05) is 26.2 Å². The number of carbonyl (C=O) groups is 2. The van der Waals surface area contributed by atoms with Crippen molar-refractivity contribution >= 4 is 11.8 Å². The Morgan fingerprint density at radius 1 is 0.920 bits per heavy atom. The van der Waals surface area contributed by atoms with E-state index in [1.54, 1.807) is 34.9 Å². The number of benzene rings is 1. The third kappa shape index (κ3) is 3.57. The van der Waals surface area contributed by atoms with Crippen molar-refractivity contribution in [3.63, 3.8) is 0 Å². The van der Waals surface area contributed by atoms with E-state index in [2.05, 4.69) is 0 Å². The molecule has 3 rings (SSSR count). The molecule has 1 saturated heterocycles. The summed E-state index contributed by atoms with van der Waals surface area (Å²) < 4.78 is 14.9. The van der Waals surface area contributed by atoms with Crippen molar-refractivity contribution in [3.05, 3.63) is 47.9 Å². The molecule has 0 aliphatic carbocycles. The summed E-state index contributed by atoms with van der Waals surface area (Å²) >= 11 is 0. The first-order chi connectivity index (χ1) is 12.0. The monoisotopic (exact) mass is 343 g/mol. The molecule has 6 heteroatoms. The summed E-state index contributed by atoms with van der Waals surface area (Å²) in [5.74, 6) is -0.276. The van der Waals surface area contributed by atoms with Crippen molar-refractivity contribution in [1.29, 1.82) is 0 Å². The minimum absolute atomic E-state index is 0.0405. The second kappa shape index (κ2) is 7.09. The van der Waals surface area contributed by atoms with Gasteiger partial charge in [-0.05, 0) is 48.4 Å². The summed E-state index contributed by atoms with van der Waals surface area (Å²) in [4.78, 5) is 28.0. The van der Waals surface area contributed by atoms with Crippen LogP contribution in [0.5, 0.6) is 0 Å². The van der Waals surface area contributed by atoms with Gasteiger partial charge in [0.05, 0.1) is 0 Å². The minimum atomic E-state index is -0.283. The highest BCUT2D eigenvalue weighted by Crippen LogP contribution is 2.23. The van der Waals surface area contributed by atoms with E-state index in [4.69, 9.17) is 0 Å². The number of halogens is 1. The normalized spacial score (nSPS) is 15.2. The van der Waals surface area contributed by atoms with Crippen LogP contribution in [-0.2, 0) is 11.8 Å². The Labute approximate surface area is 146 Å². The number of nitrogens with zero attached hydrogens (tertiary/aromatic N) is 3. The van der Waals surface area contributed by atoms with Crippen LogP contribution >= 0.6 is 0 Å². The average Bonchev–Trinajstić information content (AvgIpc) is 2.82. The van der Waals surface area contributed by atoms with Crippen LogP contribution in [0.1, 0.15) is 23.8 Å². The first kappa shape index (κ1) is 17.2. The maximum Gasteiger partial charge on any atom is 0.270 e. The van der Waals surface area contributed by atoms with Crippen molar-refractivity contribution in [2.45, 2.75) is 13.3 Å². The molecule has 0 radical (unpaired) electrons. The van der Waals surface area contributed by atoms with Gasteiger partial charge in [-0.15, -0.1) is 0 Å². The van der Waals surface area contributed by atoms with Crippen molar-refractivity contribution in [3.8, 4) is 11.3 Å². The smallest absolute Gasteiger partial charge is 0.270 e. The van der Waals surface area contributed by atoms with E-state index in [9.17, 15) is 14.0 Å². The Bertz CT molecular complexity index is 782. The van der Waals surface area contributed by atoms with Gasteiger partial charge in [-0.3, -0.25) is 9.59 Å². The number of hydrogen-bond acceptors (Lipinski definition) is 2. The maximum absolute atomic E-state index is 13.1. The van der Waals surface area contributed by atoms with E-state index >= 15 is 0 Å². The fraction of sp³-hybridized carbons (Fsp3) is 0.368. The lowest BCUT2D eigenvalue weighted by Crippen LogP contribution is -2.37. The Hall–Kier alpha value is -2.63. The summed E-state index contributed by atoms with van der Waals surface area (Å²) in [5, 5.41) is 0. The largest absolute Gasteiger partial charge is 0.341 e. The fourth-order valence-electron chi connectivity index (χ4n) is 3.23. The highest BCUT2D eigenvalue weighted by atomic mass is 19.1. The topological polar surface area (TPSA) is 45.6 Å². The third-order valence-electron chi connectivity index (χ3n) is 4.71. The number of carbonyl (C=O) groups excluding carboxylic acids is 2. The van der Waals surface area contributed by atoms with Crippen LogP contribution in [-0.4, -0.2) is 52.4 Å². The molecule has 1 fully saturated rings. The minimum Gasteiger partial charge on any atom is -0.341 e. The quantitative estimate of drug-likeness (QED) is 0.841. The molecule has 0 spiro atoms. The predicted molar refractivity (Wildman–Crippen MR) is 93.6 cm³/mol. The molecule has 25 heavy (non-hydrogen) atoms. The maximum atomic E-state index is 13.1. The van der Waals surface area contributed by atoms with Gasteiger partial charge in [-0.25, -0.2) is 4.39 Å². The number of hydrogen-bond donors (Lipinski definition) is 0. The van der Waals surface area contributed by atoms with Gasteiger partial charge < -0.3 is 14.4 Å². The summed E-state index contributed by atoms with van der Waals surface area (Å²) in [6.45, 7) is 3.99. The summed E-state index contributed by atoms with van der Waals surface area (Å²) in [6.07, 6.45) is 0.778. The van der Waals surface area contributed by atoms with Gasteiger partial charge in [-0.1, -0.05) is 0 Å². The molecule has 1 aliphatic rings. The SMILES string of the molecule is CC(=O)N1CCCN(C(=O)c2ccc(-c3ccc(F)cc3)n2C)CC1. The molecule has 132 valence electrons. The van der Waals surface area contributed by atoms with Crippen LogP contribution in [0.15, 0.2) is 36.4 Å². The van der Waals surface area contributed by atoms with E-state index in [1.165, 1.54) is 12.1 Å². The highest BCUT2D eigenvalue weighted by molar-refractivity contribution is 5.94. The van der Waals surface area contributed by atoms with E-state index in [1.807, 2.05) is 17.7 Å². The molecule has 5 nitrogen and oxygen atoms in total. The molecule has 2 amide bonds. The van der Waals surface area contributed by atoms with Crippen molar-refractivity contribution < 1.29 is 14.0 Å². The van der Waals surface area contributed by atoms with Crippen molar-refractivity contribution in [1.82, 2.24) is 14.4 Å². The van der Waals surface area contributed by atoms with Crippen LogP contribution in [0.3, 0.4) is 0 Å². The lowest BCUT2D eigenvalue weighted by Gasteiger charge is -2.22. The zero-order valence-electron chi connectivity index (χ0n) is 14.5. The van der Waals surface area contributed by atoms with E-state index < -0.39 is 0 Å². The van der Waals surface area contributed by atoms with E-state index in [0.717, 1.165) is 17.7 Å². The lowest BCUT2D eigenvalue weighted by molar-refractivity contribution is -0.128. The van der Waals surface area contributed by atoms with Crippen molar-refractivity contribution in [2.24, 2.45) is 7.05 Å². The van der Waals surface area contributed by atoms with Crippen LogP contribution in [0.2, 0.25) is 0 Å². The molecule has 0 N–H and O–H groups in total. The van der Waals surface area contributed by atoms with Crippen LogP contribution in [0.4, 0.5) is 4.39 Å². The molecule has 1 aromatic carbocycles. The second-order valence-corrected chi connectivity index (χ2v) is 6.32. The first-order valence-corrected chi connectivity index (χ1v) is 8.44. The zero-order chi connectivity index (χ0) is 18.0. The molecule has 1 aliphatic heterocycles. The third-order valence-corrected chi connectivity index (χ3v) is 4.71. The van der Waals surface area contributed by atoms with Crippen LogP contribution < -0.4 is 0 Å². The molecule has 2 aromatic rings. The van der Waals surface area contributed by atoms with Crippen LogP contribution in [0, 0.1) is 5.82 Å². The Balaban J connectivity index is 1.79. The predicted octanol–water partition coefficient (Wildman–Crippen LogP) is 2.53. The van der Waals surface area contributed by atoms with E-state index in [-0.39, 0.29) is 17.6 Å². The number of rotatable bonds is 2. The Kier molecular flexibility index (Phi) is 4.88. The van der Waals surface area contributed by atoms with Gasteiger partial charge >= 0.3 is 0 Å². The lowest BCUT2D eigenvalue weighted by atomic mass is 10.1. The molecule has 0 unspecified atom stereocenters. The standard InChI is InChI=1S/C19H22FN3O2/c1-14(24)22-10-3-11-23(13-12-22)19(25)18-9-8-17(21(18)2)15-4-6-16(20)7-5-15/h4-9H,3,10-13H2,1-2H3. The van der Waals surface area contributed by atoms with Crippen LogP contribution in [0.25, 0.3) is 11.3 Å². The van der Waals surface area contributed by atoms with Gasteiger partial charge in [0.15, 0.2) is 0 Å². The molecule has 0 saturated carbocycles. The molecule has 1 aromatic heterocycles. The van der Waals surface area contributed by atoms with Gasteiger partial charge in [0.25, 0.3) is 5.91 Å². The van der Waals surface area contributed by atoms with E-state index in [0.29, 0.717) is 31.9 Å². The van der Waals surface area contributed by atoms with Gasteiger partial charge in [-0.2, -0.15) is 0 Å². The molecular formula is C19H22FN3O2. The fourth-order valence-corrected chi connectivity index (χ4v) is 3.23. The number of aromatic nitrogens is 1. The Morgan fingerprint density at radius 3 is 2.24 bits per heavy atom. The summed E-state index contributed by atoms with van der Waals surface area (Å²) in [6, 6.07) is 9.91. The summed E-state index contributed by atoms with van der Waals surface area (Å²) in [7, 11) is 1.84. The Morgan fingerprint density at radius 2 is 1.56 bits per heavy atom. The zero-order valence-corrected chi connectivity index (χ0v) is 14.5. The van der Waals surface area contributed by atoms with Gasteiger partial charge in [0.2, 0.25) is 5.91 Å². The first-order valence-electron chi connectivity index (χ1n) is 8.44. The summed E-state index contributed by atoms with van der Waals surface area (Å²) in [5.41, 5.74) is 2.32. The highest BCUT2D eigenvalue weighted by Gasteiger charge is 2.23. The molecular weight excluding hydrogens is 321 g/mol. The second-order valence-electron chi connectivity index (χ2n) is 6.32. The average molecular weight is 343 g/mol. The van der Waals surface area contributed by atoms with Gasteiger partial charge in [0, 0.05) is 45.8 Å². The molecule has 2 heterocycles. The number of amides is 2.